The molecule has 0 radical (unpaired) electrons. The Balaban J connectivity index is 2.13. The highest BCUT2D eigenvalue weighted by Crippen LogP contribution is 2.42. The van der Waals surface area contributed by atoms with Crippen LogP contribution >= 0.6 is 0 Å². The second-order valence-electron chi connectivity index (χ2n) is 6.19. The zero-order valence-corrected chi connectivity index (χ0v) is 14.0. The fourth-order valence-corrected chi connectivity index (χ4v) is 3.23. The lowest BCUT2D eigenvalue weighted by atomic mass is 9.94. The van der Waals surface area contributed by atoms with Crippen LogP contribution < -0.4 is 0 Å². The Bertz CT molecular complexity index is 952. The van der Waals surface area contributed by atoms with Gasteiger partial charge in [0.05, 0.1) is 11.3 Å². The van der Waals surface area contributed by atoms with Gasteiger partial charge in [-0.1, -0.05) is 12.1 Å². The third kappa shape index (κ3) is 3.38. The van der Waals surface area contributed by atoms with Gasteiger partial charge in [0.2, 0.25) is 0 Å². The van der Waals surface area contributed by atoms with Crippen LogP contribution in [0.4, 0.5) is 13.2 Å². The van der Waals surface area contributed by atoms with Gasteiger partial charge in [0.25, 0.3) is 5.78 Å². The average molecular weight is 356 g/mol. The van der Waals surface area contributed by atoms with Gasteiger partial charge in [-0.3, -0.25) is 4.79 Å². The van der Waals surface area contributed by atoms with Crippen molar-refractivity contribution in [3.63, 3.8) is 0 Å². The van der Waals surface area contributed by atoms with Crippen molar-refractivity contribution in [3.8, 4) is 6.07 Å². The fourth-order valence-electron chi connectivity index (χ4n) is 3.23. The van der Waals surface area contributed by atoms with Crippen molar-refractivity contribution in [3.05, 3.63) is 64.5 Å². The molecule has 1 aliphatic carbocycles. The molecule has 0 aliphatic heterocycles. The summed E-state index contributed by atoms with van der Waals surface area (Å²) in [5.41, 5.74) is 2.88. The first-order valence-electron chi connectivity index (χ1n) is 8.13. The number of nitriles is 1. The number of ketones is 1. The van der Waals surface area contributed by atoms with E-state index in [0.29, 0.717) is 24.1 Å². The van der Waals surface area contributed by atoms with Crippen LogP contribution in [0.25, 0.3) is 11.1 Å². The molecule has 26 heavy (non-hydrogen) atoms. The first-order valence-corrected chi connectivity index (χ1v) is 8.13. The van der Waals surface area contributed by atoms with Crippen LogP contribution in [0.2, 0.25) is 0 Å². The summed E-state index contributed by atoms with van der Waals surface area (Å²) in [4.78, 5) is 15.8. The van der Waals surface area contributed by atoms with Gasteiger partial charge >= 0.3 is 6.18 Å². The zero-order chi connectivity index (χ0) is 18.9. The van der Waals surface area contributed by atoms with Crippen molar-refractivity contribution in [2.45, 2.75) is 32.4 Å². The summed E-state index contributed by atoms with van der Waals surface area (Å²) in [5, 5.41) is 8.76. The average Bonchev–Trinajstić information content (AvgIpc) is 3.10. The number of hydrogen-bond acceptors (Lipinski definition) is 3. The highest BCUT2D eigenvalue weighted by Gasteiger charge is 2.31. The molecule has 132 valence electrons. The maximum atomic E-state index is 13.1. The molecule has 1 aromatic carbocycles. The topological polar surface area (TPSA) is 53.8 Å². The van der Waals surface area contributed by atoms with E-state index in [4.69, 9.17) is 5.26 Å². The molecule has 1 aliphatic rings. The predicted molar refractivity (Wildman–Crippen MR) is 91.0 cm³/mol. The van der Waals surface area contributed by atoms with Crippen molar-refractivity contribution in [2.75, 3.05) is 0 Å². The number of benzene rings is 1. The molecular weight excluding hydrogens is 341 g/mol. The molecule has 1 heterocycles. The fraction of sp³-hybridized carbons (Fsp3) is 0.250. The standard InChI is InChI=1S/C20H15F3N2O/c1-12-8-9-13(20(21,22)23)10-16(12)14-4-2-5-15(14)17-6-3-7-18(25-17)19(26)11-24/h3,6-10H,2,4-5H2,1H3. The Morgan fingerprint density at radius 3 is 2.58 bits per heavy atom. The minimum absolute atomic E-state index is 0.0458. The van der Waals surface area contributed by atoms with Crippen LogP contribution in [-0.2, 0) is 6.18 Å². The molecular formula is C20H15F3N2O. The van der Waals surface area contributed by atoms with Crippen LogP contribution in [0.5, 0.6) is 0 Å². The third-order valence-electron chi connectivity index (χ3n) is 4.50. The number of pyridine rings is 1. The van der Waals surface area contributed by atoms with Gasteiger partial charge in [-0.15, -0.1) is 0 Å². The van der Waals surface area contributed by atoms with E-state index in [0.717, 1.165) is 29.2 Å². The molecule has 0 amide bonds. The van der Waals surface area contributed by atoms with Crippen LogP contribution in [0, 0.1) is 18.3 Å². The lowest BCUT2D eigenvalue weighted by Gasteiger charge is -2.14. The molecule has 0 unspecified atom stereocenters. The Labute approximate surface area is 148 Å². The number of rotatable bonds is 3. The maximum absolute atomic E-state index is 13.1. The summed E-state index contributed by atoms with van der Waals surface area (Å²) in [6, 6.07) is 10.1. The number of nitrogens with zero attached hydrogens (tertiary/aromatic N) is 2. The molecule has 0 saturated carbocycles. The summed E-state index contributed by atoms with van der Waals surface area (Å²) >= 11 is 0. The molecule has 0 N–H and O–H groups in total. The highest BCUT2D eigenvalue weighted by molar-refractivity contribution is 6.06. The normalized spacial score (nSPS) is 14.4. The number of aromatic nitrogens is 1. The number of Topliss-reactive ketones (excluding diaryl/α,β-unsaturated/α-hetero) is 1. The molecule has 3 nitrogen and oxygen atoms in total. The Morgan fingerprint density at radius 2 is 1.88 bits per heavy atom. The number of allylic oxidation sites excluding steroid dienone is 2. The van der Waals surface area contributed by atoms with Gasteiger partial charge in [0, 0.05) is 0 Å². The molecule has 0 saturated heterocycles. The van der Waals surface area contributed by atoms with Crippen LogP contribution in [0.15, 0.2) is 36.4 Å². The van der Waals surface area contributed by atoms with E-state index in [1.807, 2.05) is 0 Å². The van der Waals surface area contributed by atoms with Gasteiger partial charge in [0.15, 0.2) is 0 Å². The predicted octanol–water partition coefficient (Wildman–Crippen LogP) is 5.21. The van der Waals surface area contributed by atoms with E-state index in [1.165, 1.54) is 24.3 Å². The summed E-state index contributed by atoms with van der Waals surface area (Å²) in [7, 11) is 0. The molecule has 0 atom stereocenters. The van der Waals surface area contributed by atoms with E-state index in [9.17, 15) is 18.0 Å². The van der Waals surface area contributed by atoms with Gasteiger partial charge in [-0.2, -0.15) is 18.4 Å². The molecule has 1 aromatic heterocycles. The highest BCUT2D eigenvalue weighted by atomic mass is 19.4. The van der Waals surface area contributed by atoms with Gasteiger partial charge < -0.3 is 0 Å². The number of carbonyl (C=O) groups is 1. The zero-order valence-electron chi connectivity index (χ0n) is 14.0. The van der Waals surface area contributed by atoms with E-state index in [1.54, 1.807) is 19.1 Å². The summed E-state index contributed by atoms with van der Waals surface area (Å²) < 4.78 is 39.3. The SMILES string of the molecule is Cc1ccc(C(F)(F)F)cc1C1=C(c2cccc(C(=O)C#N)n2)CCC1. The van der Waals surface area contributed by atoms with E-state index in [-0.39, 0.29) is 5.69 Å². The second-order valence-corrected chi connectivity index (χ2v) is 6.19. The lowest BCUT2D eigenvalue weighted by molar-refractivity contribution is -0.137. The smallest absolute Gasteiger partial charge is 0.275 e. The third-order valence-corrected chi connectivity index (χ3v) is 4.50. The number of halogens is 3. The monoisotopic (exact) mass is 356 g/mol. The minimum atomic E-state index is -4.40. The van der Waals surface area contributed by atoms with Crippen molar-refractivity contribution in [1.29, 1.82) is 5.26 Å². The van der Waals surface area contributed by atoms with Crippen LogP contribution in [0.1, 0.15) is 52.1 Å². The quantitative estimate of drug-likeness (QED) is 0.560. The molecule has 0 fully saturated rings. The minimum Gasteiger partial charge on any atom is -0.275 e. The number of alkyl halides is 3. The molecule has 0 spiro atoms. The Kier molecular flexibility index (Phi) is 4.64. The van der Waals surface area contributed by atoms with Crippen molar-refractivity contribution in [2.24, 2.45) is 0 Å². The molecule has 2 aromatic rings. The summed E-state index contributed by atoms with van der Waals surface area (Å²) in [5.74, 6) is -0.734. The van der Waals surface area contributed by atoms with Gasteiger partial charge in [-0.05, 0) is 72.7 Å². The number of carbonyl (C=O) groups excluding carboxylic acids is 1. The van der Waals surface area contributed by atoms with E-state index < -0.39 is 17.5 Å². The summed E-state index contributed by atoms with van der Waals surface area (Å²) in [6.07, 6.45) is -2.28. The summed E-state index contributed by atoms with van der Waals surface area (Å²) in [6.45, 7) is 1.78. The number of hydrogen-bond donors (Lipinski definition) is 0. The Morgan fingerprint density at radius 1 is 1.15 bits per heavy atom. The van der Waals surface area contributed by atoms with Gasteiger partial charge in [-0.25, -0.2) is 4.98 Å². The van der Waals surface area contributed by atoms with E-state index in [2.05, 4.69) is 4.98 Å². The van der Waals surface area contributed by atoms with Crippen LogP contribution in [0.3, 0.4) is 0 Å². The molecule has 6 heteroatoms. The largest absolute Gasteiger partial charge is 0.416 e. The maximum Gasteiger partial charge on any atom is 0.416 e. The second kappa shape index (κ2) is 6.75. The van der Waals surface area contributed by atoms with Crippen molar-refractivity contribution >= 4 is 16.9 Å². The van der Waals surface area contributed by atoms with Crippen molar-refractivity contribution in [1.82, 2.24) is 4.98 Å². The van der Waals surface area contributed by atoms with Crippen molar-refractivity contribution < 1.29 is 18.0 Å². The lowest BCUT2D eigenvalue weighted by Crippen LogP contribution is -2.06. The number of aryl methyl sites for hydroxylation is 1. The first-order chi connectivity index (χ1) is 12.3. The molecule has 0 bridgehead atoms. The molecule has 3 rings (SSSR count). The van der Waals surface area contributed by atoms with Gasteiger partial charge in [0.1, 0.15) is 11.8 Å². The van der Waals surface area contributed by atoms with Crippen LogP contribution in [-0.4, -0.2) is 10.8 Å². The van der Waals surface area contributed by atoms with E-state index >= 15 is 0 Å². The first kappa shape index (κ1) is 17.9. The Hall–Kier alpha value is -2.94.